The van der Waals surface area contributed by atoms with Gasteiger partial charge in [0.2, 0.25) is 0 Å². The number of rotatable bonds is 5. The molecule has 3 heterocycles. The van der Waals surface area contributed by atoms with Crippen LogP contribution >= 0.6 is 11.3 Å². The van der Waals surface area contributed by atoms with Crippen molar-refractivity contribution in [2.45, 2.75) is 18.9 Å². The standard InChI is InChI=1S/C19H21N5OS/c1-23-17(12-16(22-23)14-6-3-2-4-7-14)18(25)21-13-15-8-5-10-24(15)19-20-9-11-26-19/h2-4,6-7,9,11-12,15H,5,8,10,13H2,1H3,(H,21,25). The molecule has 4 rings (SSSR count). The zero-order valence-electron chi connectivity index (χ0n) is 14.6. The third-order valence-corrected chi connectivity index (χ3v) is 5.53. The highest BCUT2D eigenvalue weighted by Gasteiger charge is 2.27. The Labute approximate surface area is 156 Å². The number of hydrogen-bond donors (Lipinski definition) is 1. The van der Waals surface area contributed by atoms with E-state index in [1.54, 1.807) is 23.1 Å². The van der Waals surface area contributed by atoms with Crippen LogP contribution in [0.3, 0.4) is 0 Å². The molecule has 134 valence electrons. The predicted octanol–water partition coefficient (Wildman–Crippen LogP) is 2.94. The van der Waals surface area contributed by atoms with Crippen LogP contribution in [-0.4, -0.2) is 39.8 Å². The number of nitrogens with one attached hydrogen (secondary N) is 1. The van der Waals surface area contributed by atoms with Crippen molar-refractivity contribution in [3.63, 3.8) is 0 Å². The second-order valence-electron chi connectivity index (χ2n) is 6.42. The molecule has 1 unspecified atom stereocenters. The summed E-state index contributed by atoms with van der Waals surface area (Å²) in [7, 11) is 1.80. The van der Waals surface area contributed by atoms with Gasteiger partial charge in [0.15, 0.2) is 5.13 Å². The van der Waals surface area contributed by atoms with Crippen molar-refractivity contribution in [3.05, 3.63) is 53.7 Å². The summed E-state index contributed by atoms with van der Waals surface area (Å²) in [6.07, 6.45) is 4.03. The molecule has 2 aromatic heterocycles. The van der Waals surface area contributed by atoms with Crippen molar-refractivity contribution in [1.29, 1.82) is 0 Å². The van der Waals surface area contributed by atoms with Crippen molar-refractivity contribution >= 4 is 22.4 Å². The van der Waals surface area contributed by atoms with Crippen LogP contribution in [0.2, 0.25) is 0 Å². The molecule has 1 atom stereocenters. The lowest BCUT2D eigenvalue weighted by Crippen LogP contribution is -2.40. The lowest BCUT2D eigenvalue weighted by molar-refractivity contribution is 0.0942. The first kappa shape index (κ1) is 16.8. The van der Waals surface area contributed by atoms with Gasteiger partial charge in [-0.15, -0.1) is 11.3 Å². The van der Waals surface area contributed by atoms with Gasteiger partial charge >= 0.3 is 0 Å². The Morgan fingerprint density at radius 3 is 2.96 bits per heavy atom. The van der Waals surface area contributed by atoms with E-state index in [4.69, 9.17) is 0 Å². The Balaban J connectivity index is 1.43. The van der Waals surface area contributed by atoms with Gasteiger partial charge in [-0.1, -0.05) is 30.3 Å². The van der Waals surface area contributed by atoms with Crippen LogP contribution in [0.25, 0.3) is 11.3 Å². The fraction of sp³-hybridized carbons (Fsp3) is 0.316. The average molecular weight is 367 g/mol. The Morgan fingerprint density at radius 2 is 2.19 bits per heavy atom. The monoisotopic (exact) mass is 367 g/mol. The highest BCUT2D eigenvalue weighted by Crippen LogP contribution is 2.27. The van der Waals surface area contributed by atoms with E-state index in [1.165, 1.54) is 0 Å². The van der Waals surface area contributed by atoms with Gasteiger partial charge in [-0.05, 0) is 18.9 Å². The van der Waals surface area contributed by atoms with Gasteiger partial charge in [-0.3, -0.25) is 9.48 Å². The van der Waals surface area contributed by atoms with E-state index in [-0.39, 0.29) is 5.91 Å². The van der Waals surface area contributed by atoms with E-state index < -0.39 is 0 Å². The smallest absolute Gasteiger partial charge is 0.269 e. The summed E-state index contributed by atoms with van der Waals surface area (Å²) >= 11 is 1.65. The topological polar surface area (TPSA) is 63.1 Å². The van der Waals surface area contributed by atoms with Crippen LogP contribution < -0.4 is 10.2 Å². The first-order valence-corrected chi connectivity index (χ1v) is 9.64. The molecule has 1 saturated heterocycles. The summed E-state index contributed by atoms with van der Waals surface area (Å²) in [5, 5.41) is 10.6. The van der Waals surface area contributed by atoms with Crippen molar-refractivity contribution in [2.75, 3.05) is 18.0 Å². The molecular formula is C19H21N5OS. The van der Waals surface area contributed by atoms with Crippen LogP contribution in [0.5, 0.6) is 0 Å². The number of anilines is 1. The maximum absolute atomic E-state index is 12.7. The van der Waals surface area contributed by atoms with Crippen molar-refractivity contribution < 1.29 is 4.79 Å². The van der Waals surface area contributed by atoms with Gasteiger partial charge in [0, 0.05) is 43.3 Å². The van der Waals surface area contributed by atoms with E-state index in [9.17, 15) is 4.79 Å². The molecular weight excluding hydrogens is 346 g/mol. The molecule has 0 spiro atoms. The van der Waals surface area contributed by atoms with Crippen molar-refractivity contribution in [1.82, 2.24) is 20.1 Å². The summed E-state index contributed by atoms with van der Waals surface area (Å²) in [4.78, 5) is 19.4. The quantitative estimate of drug-likeness (QED) is 0.753. The predicted molar refractivity (Wildman–Crippen MR) is 103 cm³/mol. The lowest BCUT2D eigenvalue weighted by atomic mass is 10.1. The molecule has 1 amide bonds. The van der Waals surface area contributed by atoms with Crippen molar-refractivity contribution in [2.24, 2.45) is 7.05 Å². The minimum Gasteiger partial charge on any atom is -0.349 e. The molecule has 1 fully saturated rings. The van der Waals surface area contributed by atoms with Gasteiger partial charge < -0.3 is 10.2 Å². The highest BCUT2D eigenvalue weighted by molar-refractivity contribution is 7.13. The first-order valence-electron chi connectivity index (χ1n) is 8.76. The van der Waals surface area contributed by atoms with Crippen LogP contribution in [0, 0.1) is 0 Å². The molecule has 1 N–H and O–H groups in total. The fourth-order valence-corrected chi connectivity index (χ4v) is 4.13. The number of carbonyl (C=O) groups excluding carboxylic acids is 1. The second kappa shape index (κ2) is 7.29. The molecule has 0 aliphatic carbocycles. The van der Waals surface area contributed by atoms with Crippen molar-refractivity contribution in [3.8, 4) is 11.3 Å². The minimum absolute atomic E-state index is 0.0897. The van der Waals surface area contributed by atoms with E-state index in [2.05, 4.69) is 20.3 Å². The Kier molecular flexibility index (Phi) is 4.71. The molecule has 0 bridgehead atoms. The number of hydrogen-bond acceptors (Lipinski definition) is 5. The van der Waals surface area contributed by atoms with E-state index in [0.29, 0.717) is 18.3 Å². The summed E-state index contributed by atoms with van der Waals surface area (Å²) in [6, 6.07) is 12.0. The van der Waals surface area contributed by atoms with Gasteiger partial charge in [-0.2, -0.15) is 5.10 Å². The van der Waals surface area contributed by atoms with Crippen LogP contribution in [0.1, 0.15) is 23.3 Å². The zero-order chi connectivity index (χ0) is 17.9. The van der Waals surface area contributed by atoms with Gasteiger partial charge in [0.25, 0.3) is 5.91 Å². The Hall–Kier alpha value is -2.67. The third kappa shape index (κ3) is 3.35. The van der Waals surface area contributed by atoms with Gasteiger partial charge in [0.1, 0.15) is 5.69 Å². The first-order chi connectivity index (χ1) is 12.7. The SMILES string of the molecule is Cn1nc(-c2ccccc2)cc1C(=O)NCC1CCCN1c1nccs1. The molecule has 1 aromatic carbocycles. The zero-order valence-corrected chi connectivity index (χ0v) is 15.4. The average Bonchev–Trinajstić information content (AvgIpc) is 3.40. The summed E-state index contributed by atoms with van der Waals surface area (Å²) in [6.45, 7) is 1.61. The number of amides is 1. The van der Waals surface area contributed by atoms with E-state index in [0.717, 1.165) is 35.8 Å². The molecule has 1 aliphatic rings. The van der Waals surface area contributed by atoms with Gasteiger partial charge in [-0.25, -0.2) is 4.98 Å². The lowest BCUT2D eigenvalue weighted by Gasteiger charge is -2.24. The normalized spacial score (nSPS) is 16.8. The fourth-order valence-electron chi connectivity index (χ4n) is 3.39. The minimum atomic E-state index is -0.0897. The van der Waals surface area contributed by atoms with E-state index >= 15 is 0 Å². The number of aromatic nitrogens is 3. The Bertz CT molecular complexity index is 875. The summed E-state index contributed by atoms with van der Waals surface area (Å²) in [5.74, 6) is -0.0897. The number of nitrogens with zero attached hydrogens (tertiary/aromatic N) is 4. The maximum atomic E-state index is 12.7. The number of benzene rings is 1. The molecule has 26 heavy (non-hydrogen) atoms. The third-order valence-electron chi connectivity index (χ3n) is 4.72. The molecule has 1 aliphatic heterocycles. The molecule has 6 nitrogen and oxygen atoms in total. The summed E-state index contributed by atoms with van der Waals surface area (Å²) < 4.78 is 1.64. The maximum Gasteiger partial charge on any atom is 0.269 e. The molecule has 7 heteroatoms. The van der Waals surface area contributed by atoms with E-state index in [1.807, 2.05) is 48.0 Å². The van der Waals surface area contributed by atoms with Crippen LogP contribution in [-0.2, 0) is 7.05 Å². The highest BCUT2D eigenvalue weighted by atomic mass is 32.1. The van der Waals surface area contributed by atoms with Gasteiger partial charge in [0.05, 0.1) is 5.69 Å². The summed E-state index contributed by atoms with van der Waals surface area (Å²) in [5.41, 5.74) is 2.39. The number of aryl methyl sites for hydroxylation is 1. The Morgan fingerprint density at radius 1 is 1.35 bits per heavy atom. The molecule has 0 radical (unpaired) electrons. The molecule has 3 aromatic rings. The largest absolute Gasteiger partial charge is 0.349 e. The number of carbonyl (C=O) groups is 1. The molecule has 0 saturated carbocycles. The second-order valence-corrected chi connectivity index (χ2v) is 7.29. The van der Waals surface area contributed by atoms with Crippen LogP contribution in [0.4, 0.5) is 5.13 Å². The van der Waals surface area contributed by atoms with Crippen LogP contribution in [0.15, 0.2) is 48.0 Å². The number of thiazole rings is 1.